The van der Waals surface area contributed by atoms with E-state index in [1.54, 1.807) is 12.4 Å². The summed E-state index contributed by atoms with van der Waals surface area (Å²) in [4.78, 5) is 15.3. The van der Waals surface area contributed by atoms with Crippen LogP contribution in [0.3, 0.4) is 0 Å². The number of oxazole rings is 1. The van der Waals surface area contributed by atoms with E-state index in [-0.39, 0.29) is 5.92 Å². The zero-order chi connectivity index (χ0) is 14.9. The summed E-state index contributed by atoms with van der Waals surface area (Å²) >= 11 is 5.94. The maximum absolute atomic E-state index is 5.94. The molecule has 2 aromatic heterocycles. The van der Waals surface area contributed by atoms with Crippen LogP contribution in [0.5, 0.6) is 0 Å². The molecular formula is C16H15ClN4O. The van der Waals surface area contributed by atoms with Crippen LogP contribution in [0.1, 0.15) is 24.7 Å². The fourth-order valence-electron chi connectivity index (χ4n) is 2.94. The molecule has 4 rings (SSSR count). The third-order valence-corrected chi connectivity index (χ3v) is 4.18. The van der Waals surface area contributed by atoms with Crippen molar-refractivity contribution in [3.05, 3.63) is 47.7 Å². The average Bonchev–Trinajstić information content (AvgIpc) is 2.99. The Hall–Kier alpha value is -2.14. The Morgan fingerprint density at radius 3 is 2.95 bits per heavy atom. The van der Waals surface area contributed by atoms with Crippen LogP contribution in [0, 0.1) is 0 Å². The molecule has 1 aliphatic rings. The quantitative estimate of drug-likeness (QED) is 0.722. The standard InChI is InChI=1S/C16H15ClN4O/c17-14-8-18-9-15(20-14)21-7-3-4-11(10-21)16-19-12-5-1-2-6-13(12)22-16/h1-2,5-6,8-9,11H,3-4,7,10H2/t11-/m1/s1. The molecule has 1 fully saturated rings. The van der Waals surface area contributed by atoms with E-state index in [9.17, 15) is 0 Å². The minimum atomic E-state index is 0.266. The number of halogens is 1. The number of piperidine rings is 1. The first-order valence-corrected chi connectivity index (χ1v) is 7.75. The van der Waals surface area contributed by atoms with Gasteiger partial charge in [-0.15, -0.1) is 0 Å². The lowest BCUT2D eigenvalue weighted by Crippen LogP contribution is -2.35. The number of benzene rings is 1. The minimum absolute atomic E-state index is 0.266. The zero-order valence-electron chi connectivity index (χ0n) is 11.9. The Labute approximate surface area is 133 Å². The van der Waals surface area contributed by atoms with Crippen molar-refractivity contribution in [2.75, 3.05) is 18.0 Å². The summed E-state index contributed by atoms with van der Waals surface area (Å²) in [6.07, 6.45) is 5.43. The average molecular weight is 315 g/mol. The van der Waals surface area contributed by atoms with Gasteiger partial charge in [-0.3, -0.25) is 4.98 Å². The summed E-state index contributed by atoms with van der Waals surface area (Å²) in [7, 11) is 0. The second-order valence-corrected chi connectivity index (χ2v) is 5.89. The van der Waals surface area contributed by atoms with Gasteiger partial charge in [-0.2, -0.15) is 0 Å². The normalized spacial score (nSPS) is 18.8. The van der Waals surface area contributed by atoms with Crippen LogP contribution in [0.25, 0.3) is 11.1 Å². The monoisotopic (exact) mass is 314 g/mol. The molecule has 0 aliphatic carbocycles. The predicted octanol–water partition coefficient (Wildman–Crippen LogP) is 3.66. The highest BCUT2D eigenvalue weighted by Crippen LogP contribution is 2.30. The number of rotatable bonds is 2. The Kier molecular flexibility index (Phi) is 3.42. The van der Waals surface area contributed by atoms with Crippen LogP contribution < -0.4 is 4.90 Å². The molecule has 0 bridgehead atoms. The van der Waals surface area contributed by atoms with Crippen molar-refractivity contribution in [3.63, 3.8) is 0 Å². The van der Waals surface area contributed by atoms with E-state index < -0.39 is 0 Å². The lowest BCUT2D eigenvalue weighted by atomic mass is 9.98. The Morgan fingerprint density at radius 2 is 2.09 bits per heavy atom. The first-order valence-electron chi connectivity index (χ1n) is 7.37. The number of nitrogens with zero attached hydrogens (tertiary/aromatic N) is 4. The molecule has 0 spiro atoms. The van der Waals surface area contributed by atoms with Crippen LogP contribution in [0.4, 0.5) is 5.82 Å². The molecule has 3 heterocycles. The molecule has 1 atom stereocenters. The van der Waals surface area contributed by atoms with Crippen molar-refractivity contribution in [1.29, 1.82) is 0 Å². The van der Waals surface area contributed by atoms with Gasteiger partial charge in [0.1, 0.15) is 16.5 Å². The van der Waals surface area contributed by atoms with Gasteiger partial charge in [0.25, 0.3) is 0 Å². The van der Waals surface area contributed by atoms with Crippen molar-refractivity contribution in [2.45, 2.75) is 18.8 Å². The summed E-state index contributed by atoms with van der Waals surface area (Å²) in [6, 6.07) is 7.87. The van der Waals surface area contributed by atoms with Crippen LogP contribution in [0.2, 0.25) is 5.15 Å². The predicted molar refractivity (Wildman–Crippen MR) is 85.2 cm³/mol. The highest BCUT2D eigenvalue weighted by molar-refractivity contribution is 6.29. The topological polar surface area (TPSA) is 55.1 Å². The molecule has 6 heteroatoms. The Bertz CT molecular complexity index is 770. The summed E-state index contributed by atoms with van der Waals surface area (Å²) in [5.41, 5.74) is 1.76. The van der Waals surface area contributed by atoms with E-state index in [0.29, 0.717) is 5.15 Å². The fraction of sp³-hybridized carbons (Fsp3) is 0.312. The van der Waals surface area contributed by atoms with Crippen molar-refractivity contribution >= 4 is 28.5 Å². The van der Waals surface area contributed by atoms with Gasteiger partial charge in [0.2, 0.25) is 0 Å². The highest BCUT2D eigenvalue weighted by atomic mass is 35.5. The number of hydrogen-bond donors (Lipinski definition) is 0. The SMILES string of the molecule is Clc1cncc(N2CCC[C@@H](c3nc4ccccc4o3)C2)n1. The third-order valence-electron chi connectivity index (χ3n) is 4.00. The zero-order valence-corrected chi connectivity index (χ0v) is 12.7. The molecule has 1 saturated heterocycles. The number of fused-ring (bicyclic) bond motifs is 1. The lowest BCUT2D eigenvalue weighted by Gasteiger charge is -2.31. The van der Waals surface area contributed by atoms with E-state index in [4.69, 9.17) is 16.0 Å². The second-order valence-electron chi connectivity index (χ2n) is 5.50. The number of anilines is 1. The molecule has 3 aromatic rings. The third kappa shape index (κ3) is 2.52. The van der Waals surface area contributed by atoms with Crippen molar-refractivity contribution in [3.8, 4) is 0 Å². The van der Waals surface area contributed by atoms with Crippen LogP contribution >= 0.6 is 11.6 Å². The van der Waals surface area contributed by atoms with E-state index in [1.165, 1.54) is 0 Å². The van der Waals surface area contributed by atoms with Crippen LogP contribution in [-0.2, 0) is 0 Å². The lowest BCUT2D eigenvalue weighted by molar-refractivity contribution is 0.412. The van der Waals surface area contributed by atoms with Crippen molar-refractivity contribution < 1.29 is 4.42 Å². The molecular weight excluding hydrogens is 300 g/mol. The van der Waals surface area contributed by atoms with Gasteiger partial charge in [0, 0.05) is 13.1 Å². The summed E-state index contributed by atoms with van der Waals surface area (Å²) < 4.78 is 5.92. The molecule has 0 amide bonds. The highest BCUT2D eigenvalue weighted by Gasteiger charge is 2.26. The molecule has 0 radical (unpaired) electrons. The maximum atomic E-state index is 5.94. The summed E-state index contributed by atoms with van der Waals surface area (Å²) in [5.74, 6) is 1.89. The second kappa shape index (κ2) is 5.57. The van der Waals surface area contributed by atoms with Gasteiger partial charge in [0.05, 0.1) is 18.3 Å². The molecule has 22 heavy (non-hydrogen) atoms. The van der Waals surface area contributed by atoms with Gasteiger partial charge >= 0.3 is 0 Å². The number of hydrogen-bond acceptors (Lipinski definition) is 5. The minimum Gasteiger partial charge on any atom is -0.440 e. The van der Waals surface area contributed by atoms with E-state index in [0.717, 1.165) is 48.7 Å². The number of aromatic nitrogens is 3. The molecule has 0 unspecified atom stereocenters. The first kappa shape index (κ1) is 13.5. The molecule has 5 nitrogen and oxygen atoms in total. The molecule has 1 aliphatic heterocycles. The smallest absolute Gasteiger partial charge is 0.200 e. The summed E-state index contributed by atoms with van der Waals surface area (Å²) in [5, 5.41) is 0.418. The van der Waals surface area contributed by atoms with Gasteiger partial charge in [-0.05, 0) is 25.0 Å². The van der Waals surface area contributed by atoms with E-state index in [2.05, 4.69) is 19.9 Å². The molecule has 0 N–H and O–H groups in total. The largest absolute Gasteiger partial charge is 0.440 e. The maximum Gasteiger partial charge on any atom is 0.200 e. The van der Waals surface area contributed by atoms with E-state index in [1.807, 2.05) is 24.3 Å². The Balaban J connectivity index is 1.60. The van der Waals surface area contributed by atoms with Gasteiger partial charge in [-0.25, -0.2) is 9.97 Å². The first-order chi connectivity index (χ1) is 10.8. The van der Waals surface area contributed by atoms with Crippen LogP contribution in [-0.4, -0.2) is 28.0 Å². The fourth-order valence-corrected chi connectivity index (χ4v) is 3.08. The molecule has 112 valence electrons. The Morgan fingerprint density at radius 1 is 1.18 bits per heavy atom. The van der Waals surface area contributed by atoms with Crippen LogP contribution in [0.15, 0.2) is 41.1 Å². The van der Waals surface area contributed by atoms with Gasteiger partial charge in [-0.1, -0.05) is 23.7 Å². The van der Waals surface area contributed by atoms with Gasteiger partial charge < -0.3 is 9.32 Å². The molecule has 1 aromatic carbocycles. The van der Waals surface area contributed by atoms with Crippen molar-refractivity contribution in [1.82, 2.24) is 15.0 Å². The molecule has 0 saturated carbocycles. The van der Waals surface area contributed by atoms with Crippen molar-refractivity contribution in [2.24, 2.45) is 0 Å². The van der Waals surface area contributed by atoms with Gasteiger partial charge in [0.15, 0.2) is 11.5 Å². The van der Waals surface area contributed by atoms with E-state index >= 15 is 0 Å². The number of para-hydroxylation sites is 2. The summed E-state index contributed by atoms with van der Waals surface area (Å²) in [6.45, 7) is 1.77.